The van der Waals surface area contributed by atoms with Crippen LogP contribution in [0.15, 0.2) is 18.2 Å². The fraction of sp³-hybridized carbons (Fsp3) is 0.600. The average Bonchev–Trinajstić information content (AvgIpc) is 2.52. The van der Waals surface area contributed by atoms with E-state index < -0.39 is 6.36 Å². The molecule has 1 fully saturated rings. The summed E-state index contributed by atoms with van der Waals surface area (Å²) in [5.41, 5.74) is 0.588. The molecule has 1 heterocycles. The molecule has 0 saturated carbocycles. The van der Waals surface area contributed by atoms with E-state index in [2.05, 4.69) is 15.0 Å². The monoisotopic (exact) mass is 370 g/mol. The third kappa shape index (κ3) is 5.70. The van der Waals surface area contributed by atoms with Crippen LogP contribution in [-0.2, 0) is 0 Å². The number of aliphatic hydroxyl groups is 1. The van der Waals surface area contributed by atoms with Gasteiger partial charge in [-0.15, -0.1) is 25.6 Å². The zero-order valence-electron chi connectivity index (χ0n) is 13.3. The summed E-state index contributed by atoms with van der Waals surface area (Å²) >= 11 is 0. The first kappa shape index (κ1) is 20.8. The van der Waals surface area contributed by atoms with Gasteiger partial charge in [0.15, 0.2) is 0 Å². The van der Waals surface area contributed by atoms with Crippen LogP contribution in [0.1, 0.15) is 18.0 Å². The maximum Gasteiger partial charge on any atom is 0.573 e. The molecule has 1 saturated heterocycles. The fourth-order valence-corrected chi connectivity index (χ4v) is 2.82. The standard InChI is InChI=1S/C15H21F3N2O3.ClH/c1-22-14-3-2-11(23-15(16,17)18)10-12(14)13(4-9-21)20-7-5-19-6-8-20;/h2-3,10,13,19,21H,4-9H2,1H3;1H/t13-;/m1./s1. The maximum atomic E-state index is 12.4. The topological polar surface area (TPSA) is 54.0 Å². The smallest absolute Gasteiger partial charge is 0.496 e. The van der Waals surface area contributed by atoms with Crippen LogP contribution in [-0.4, -0.2) is 56.3 Å². The molecule has 1 aromatic rings. The van der Waals surface area contributed by atoms with Gasteiger partial charge in [0.05, 0.1) is 7.11 Å². The summed E-state index contributed by atoms with van der Waals surface area (Å²) in [5, 5.41) is 12.6. The summed E-state index contributed by atoms with van der Waals surface area (Å²) in [6, 6.07) is 3.80. The van der Waals surface area contributed by atoms with Crippen molar-refractivity contribution in [3.63, 3.8) is 0 Å². The summed E-state index contributed by atoms with van der Waals surface area (Å²) in [7, 11) is 1.47. The lowest BCUT2D eigenvalue weighted by Gasteiger charge is -2.35. The van der Waals surface area contributed by atoms with E-state index in [0.717, 1.165) is 26.2 Å². The van der Waals surface area contributed by atoms with Gasteiger partial charge in [-0.25, -0.2) is 0 Å². The largest absolute Gasteiger partial charge is 0.573 e. The molecule has 0 bridgehead atoms. The molecule has 2 rings (SSSR count). The number of hydrogen-bond donors (Lipinski definition) is 2. The van der Waals surface area contributed by atoms with Gasteiger partial charge in [0, 0.05) is 44.4 Å². The number of alkyl halides is 3. The number of nitrogens with zero attached hydrogens (tertiary/aromatic N) is 1. The van der Waals surface area contributed by atoms with Crippen LogP contribution < -0.4 is 14.8 Å². The fourth-order valence-electron chi connectivity index (χ4n) is 2.82. The Bertz CT molecular complexity index is 511. The van der Waals surface area contributed by atoms with E-state index in [0.29, 0.717) is 17.7 Å². The third-order valence-electron chi connectivity index (χ3n) is 3.79. The summed E-state index contributed by atoms with van der Waals surface area (Å²) in [6.45, 7) is 3.02. The van der Waals surface area contributed by atoms with Crippen molar-refractivity contribution in [1.82, 2.24) is 10.2 Å². The highest BCUT2D eigenvalue weighted by molar-refractivity contribution is 5.85. The van der Waals surface area contributed by atoms with Crippen LogP contribution in [0.4, 0.5) is 13.2 Å². The highest BCUT2D eigenvalue weighted by Gasteiger charge is 2.32. The summed E-state index contributed by atoms with van der Waals surface area (Å²) in [4.78, 5) is 2.13. The highest BCUT2D eigenvalue weighted by Crippen LogP contribution is 2.36. The number of aliphatic hydroxyl groups excluding tert-OH is 1. The molecule has 5 nitrogen and oxygen atoms in total. The second kappa shape index (κ2) is 9.31. The van der Waals surface area contributed by atoms with Crippen molar-refractivity contribution in [2.24, 2.45) is 0 Å². The Balaban J connectivity index is 0.00000288. The van der Waals surface area contributed by atoms with Crippen LogP contribution in [0.3, 0.4) is 0 Å². The van der Waals surface area contributed by atoms with Crippen molar-refractivity contribution < 1.29 is 27.8 Å². The van der Waals surface area contributed by atoms with Crippen LogP contribution in [0.25, 0.3) is 0 Å². The van der Waals surface area contributed by atoms with E-state index in [-0.39, 0.29) is 30.8 Å². The first-order valence-corrected chi connectivity index (χ1v) is 7.44. The maximum absolute atomic E-state index is 12.4. The van der Waals surface area contributed by atoms with Crippen molar-refractivity contribution in [3.8, 4) is 11.5 Å². The molecule has 0 unspecified atom stereocenters. The predicted molar refractivity (Wildman–Crippen MR) is 85.8 cm³/mol. The first-order valence-electron chi connectivity index (χ1n) is 7.44. The van der Waals surface area contributed by atoms with Crippen molar-refractivity contribution in [3.05, 3.63) is 23.8 Å². The van der Waals surface area contributed by atoms with E-state index >= 15 is 0 Å². The molecule has 138 valence electrons. The lowest BCUT2D eigenvalue weighted by atomic mass is 10.00. The number of nitrogens with one attached hydrogen (secondary N) is 1. The van der Waals surface area contributed by atoms with Gasteiger partial charge >= 0.3 is 6.36 Å². The molecule has 1 aliphatic heterocycles. The van der Waals surface area contributed by atoms with E-state index in [4.69, 9.17) is 4.74 Å². The predicted octanol–water partition coefficient (Wildman–Crippen LogP) is 2.34. The van der Waals surface area contributed by atoms with Crippen LogP contribution >= 0.6 is 12.4 Å². The van der Waals surface area contributed by atoms with Gasteiger partial charge in [0.2, 0.25) is 0 Å². The Morgan fingerprint density at radius 3 is 2.50 bits per heavy atom. The zero-order valence-corrected chi connectivity index (χ0v) is 14.1. The molecule has 2 N–H and O–H groups in total. The Morgan fingerprint density at radius 1 is 1.29 bits per heavy atom. The molecule has 1 atom stereocenters. The van der Waals surface area contributed by atoms with Gasteiger partial charge in [-0.3, -0.25) is 4.90 Å². The van der Waals surface area contributed by atoms with E-state index in [1.165, 1.54) is 25.3 Å². The van der Waals surface area contributed by atoms with Crippen LogP contribution in [0, 0.1) is 0 Å². The van der Waals surface area contributed by atoms with E-state index in [1.54, 1.807) is 0 Å². The number of benzene rings is 1. The molecule has 9 heteroatoms. The Hall–Kier alpha value is -1.22. The highest BCUT2D eigenvalue weighted by atomic mass is 35.5. The molecular weight excluding hydrogens is 349 g/mol. The quantitative estimate of drug-likeness (QED) is 0.805. The second-order valence-corrected chi connectivity index (χ2v) is 5.27. The van der Waals surface area contributed by atoms with Crippen molar-refractivity contribution in [1.29, 1.82) is 0 Å². The van der Waals surface area contributed by atoms with Gasteiger partial charge in [-0.1, -0.05) is 0 Å². The number of piperazine rings is 1. The molecule has 24 heavy (non-hydrogen) atoms. The molecule has 0 spiro atoms. The minimum absolute atomic E-state index is 0. The lowest BCUT2D eigenvalue weighted by Crippen LogP contribution is -2.45. The Morgan fingerprint density at radius 2 is 1.96 bits per heavy atom. The van der Waals surface area contributed by atoms with Crippen molar-refractivity contribution in [2.45, 2.75) is 18.8 Å². The normalized spacial score (nSPS) is 17.0. The average molecular weight is 371 g/mol. The van der Waals surface area contributed by atoms with E-state index in [1.807, 2.05) is 0 Å². The van der Waals surface area contributed by atoms with Gasteiger partial charge in [0.25, 0.3) is 0 Å². The lowest BCUT2D eigenvalue weighted by molar-refractivity contribution is -0.274. The summed E-state index contributed by atoms with van der Waals surface area (Å²) in [6.07, 6.45) is -4.33. The molecule has 0 radical (unpaired) electrons. The Kier molecular flexibility index (Phi) is 8.08. The van der Waals surface area contributed by atoms with Crippen LogP contribution in [0.2, 0.25) is 0 Å². The molecule has 0 aromatic heterocycles. The Labute approximate surface area is 145 Å². The number of rotatable bonds is 6. The molecule has 0 aliphatic carbocycles. The first-order chi connectivity index (χ1) is 10.9. The van der Waals surface area contributed by atoms with Gasteiger partial charge < -0.3 is 19.9 Å². The number of ether oxygens (including phenoxy) is 2. The molecule has 1 aromatic carbocycles. The van der Waals surface area contributed by atoms with Crippen LogP contribution in [0.5, 0.6) is 11.5 Å². The van der Waals surface area contributed by atoms with Crippen molar-refractivity contribution in [2.75, 3.05) is 39.9 Å². The molecular formula is C15H22ClF3N2O3. The second-order valence-electron chi connectivity index (χ2n) is 5.27. The van der Waals surface area contributed by atoms with Crippen molar-refractivity contribution >= 4 is 12.4 Å². The minimum Gasteiger partial charge on any atom is -0.496 e. The minimum atomic E-state index is -4.74. The molecule has 1 aliphatic rings. The number of methoxy groups -OCH3 is 1. The summed E-state index contributed by atoms with van der Waals surface area (Å²) < 4.78 is 46.6. The molecule has 0 amide bonds. The van der Waals surface area contributed by atoms with Gasteiger partial charge in [-0.05, 0) is 24.6 Å². The summed E-state index contributed by atoms with van der Waals surface area (Å²) in [5.74, 6) is 0.197. The third-order valence-corrected chi connectivity index (χ3v) is 3.79. The van der Waals surface area contributed by atoms with E-state index in [9.17, 15) is 18.3 Å². The zero-order chi connectivity index (χ0) is 16.9. The number of hydrogen-bond acceptors (Lipinski definition) is 5. The SMILES string of the molecule is COc1ccc(OC(F)(F)F)cc1[C@@H](CCO)N1CCNCC1.Cl. The van der Waals surface area contributed by atoms with Gasteiger partial charge in [-0.2, -0.15) is 0 Å². The van der Waals surface area contributed by atoms with Gasteiger partial charge in [0.1, 0.15) is 11.5 Å². The number of halogens is 4.